The third-order valence-corrected chi connectivity index (χ3v) is 4.19. The van der Waals surface area contributed by atoms with Crippen molar-refractivity contribution in [2.45, 2.75) is 59.8 Å². The molecule has 0 fully saturated rings. The molecule has 0 radical (unpaired) electrons. The maximum atomic E-state index is 5.36. The van der Waals surface area contributed by atoms with Gasteiger partial charge in [-0.2, -0.15) is 0 Å². The molecule has 0 spiro atoms. The summed E-state index contributed by atoms with van der Waals surface area (Å²) >= 11 is 0. The van der Waals surface area contributed by atoms with Crippen molar-refractivity contribution >= 4 is 11.4 Å². The summed E-state index contributed by atoms with van der Waals surface area (Å²) in [4.78, 5) is 0. The third kappa shape index (κ3) is 11.0. The molecule has 0 aromatic heterocycles. The Balaban J connectivity index is 0.000000440. The molecule has 2 heteroatoms. The Morgan fingerprint density at radius 1 is 0.483 bits per heavy atom. The van der Waals surface area contributed by atoms with Gasteiger partial charge in [-0.3, -0.25) is 0 Å². The van der Waals surface area contributed by atoms with Crippen LogP contribution in [0.3, 0.4) is 0 Å². The summed E-state index contributed by atoms with van der Waals surface area (Å²) in [7, 11) is 0. The van der Waals surface area contributed by atoms with Crippen LogP contribution in [0.25, 0.3) is 0 Å². The zero-order valence-electron chi connectivity index (χ0n) is 18.2. The molecule has 0 atom stereocenters. The van der Waals surface area contributed by atoms with Gasteiger partial charge in [0, 0.05) is 11.4 Å². The van der Waals surface area contributed by atoms with Crippen molar-refractivity contribution in [1.82, 2.24) is 0 Å². The average Bonchev–Trinajstić information content (AvgIpc) is 2.63. The molecule has 2 nitrogen and oxygen atoms in total. The SMILES string of the molecule is C.CC(C)(C)c1cccc(C(C)(C)C)c1.Nc1ccccc1.Nc1ccccc1. The molecule has 0 aliphatic rings. The van der Waals surface area contributed by atoms with Crippen LogP contribution in [0.15, 0.2) is 84.9 Å². The lowest BCUT2D eigenvalue weighted by atomic mass is 9.81. The van der Waals surface area contributed by atoms with Crippen LogP contribution in [0.2, 0.25) is 0 Å². The summed E-state index contributed by atoms with van der Waals surface area (Å²) in [5, 5.41) is 0. The number of hydrogen-bond acceptors (Lipinski definition) is 2. The van der Waals surface area contributed by atoms with Crippen LogP contribution in [-0.2, 0) is 10.8 Å². The fourth-order valence-corrected chi connectivity index (χ4v) is 2.36. The van der Waals surface area contributed by atoms with Gasteiger partial charge in [-0.05, 0) is 46.2 Å². The van der Waals surface area contributed by atoms with E-state index in [1.807, 2.05) is 60.7 Å². The normalized spacial score (nSPS) is 10.4. The van der Waals surface area contributed by atoms with Gasteiger partial charge in [0.15, 0.2) is 0 Å². The molecule has 3 aromatic carbocycles. The predicted molar refractivity (Wildman–Crippen MR) is 132 cm³/mol. The Bertz CT molecular complexity index is 728. The first-order valence-corrected chi connectivity index (χ1v) is 9.72. The first-order valence-electron chi connectivity index (χ1n) is 9.72. The second-order valence-electron chi connectivity index (χ2n) is 8.90. The number of para-hydroxylation sites is 2. The van der Waals surface area contributed by atoms with Crippen LogP contribution in [0.5, 0.6) is 0 Å². The van der Waals surface area contributed by atoms with Crippen molar-refractivity contribution in [1.29, 1.82) is 0 Å². The number of hydrogen-bond donors (Lipinski definition) is 2. The molecule has 29 heavy (non-hydrogen) atoms. The zero-order chi connectivity index (χ0) is 21.2. The molecule has 0 bridgehead atoms. The van der Waals surface area contributed by atoms with E-state index < -0.39 is 0 Å². The van der Waals surface area contributed by atoms with Crippen LogP contribution in [0.1, 0.15) is 60.1 Å². The first kappa shape index (κ1) is 26.3. The molecule has 0 unspecified atom stereocenters. The van der Waals surface area contributed by atoms with Crippen LogP contribution in [0.4, 0.5) is 11.4 Å². The van der Waals surface area contributed by atoms with E-state index in [-0.39, 0.29) is 18.3 Å². The zero-order valence-corrected chi connectivity index (χ0v) is 18.2. The van der Waals surface area contributed by atoms with Gasteiger partial charge in [-0.15, -0.1) is 0 Å². The van der Waals surface area contributed by atoms with Gasteiger partial charge in [0.2, 0.25) is 0 Å². The van der Waals surface area contributed by atoms with Gasteiger partial charge in [-0.1, -0.05) is 110 Å². The number of rotatable bonds is 0. The highest BCUT2D eigenvalue weighted by Gasteiger charge is 2.18. The highest BCUT2D eigenvalue weighted by atomic mass is 14.5. The van der Waals surface area contributed by atoms with E-state index in [9.17, 15) is 0 Å². The quantitative estimate of drug-likeness (QED) is 0.390. The van der Waals surface area contributed by atoms with Crippen LogP contribution in [-0.4, -0.2) is 0 Å². The van der Waals surface area contributed by atoms with Crippen molar-refractivity contribution < 1.29 is 0 Å². The lowest BCUT2D eigenvalue weighted by molar-refractivity contribution is 0.568. The van der Waals surface area contributed by atoms with Crippen LogP contribution in [0, 0.1) is 0 Å². The van der Waals surface area contributed by atoms with Crippen LogP contribution < -0.4 is 11.5 Å². The Labute approximate surface area is 179 Å². The first-order chi connectivity index (χ1) is 13.0. The van der Waals surface area contributed by atoms with E-state index in [1.165, 1.54) is 11.1 Å². The maximum Gasteiger partial charge on any atom is 0.0313 e. The minimum Gasteiger partial charge on any atom is -0.399 e. The molecule has 0 heterocycles. The van der Waals surface area contributed by atoms with Gasteiger partial charge in [0.05, 0.1) is 0 Å². The Morgan fingerprint density at radius 3 is 1.00 bits per heavy atom. The van der Waals surface area contributed by atoms with Crippen molar-refractivity contribution in [3.63, 3.8) is 0 Å². The second kappa shape index (κ2) is 12.0. The van der Waals surface area contributed by atoms with E-state index in [4.69, 9.17) is 11.5 Å². The lowest BCUT2D eigenvalue weighted by Gasteiger charge is -2.24. The number of anilines is 2. The summed E-state index contributed by atoms with van der Waals surface area (Å²) < 4.78 is 0. The van der Waals surface area contributed by atoms with E-state index in [0.29, 0.717) is 0 Å². The van der Waals surface area contributed by atoms with Crippen molar-refractivity contribution in [3.8, 4) is 0 Å². The van der Waals surface area contributed by atoms with E-state index in [2.05, 4.69) is 65.8 Å². The lowest BCUT2D eigenvalue weighted by Crippen LogP contribution is -2.15. The molecule has 158 valence electrons. The van der Waals surface area contributed by atoms with Gasteiger partial charge >= 0.3 is 0 Å². The Hall–Kier alpha value is -2.74. The number of benzene rings is 3. The standard InChI is InChI=1S/C14H22.2C6H7N.CH4/c1-13(2,3)11-8-7-9-12(10-11)14(4,5)6;2*7-6-4-2-1-3-5-6;/h7-10H,1-6H3;2*1-5H,7H2;1H4. The van der Waals surface area contributed by atoms with Gasteiger partial charge in [-0.25, -0.2) is 0 Å². The van der Waals surface area contributed by atoms with E-state index in [0.717, 1.165) is 11.4 Å². The molecule has 3 rings (SSSR count). The monoisotopic (exact) mass is 392 g/mol. The molecular formula is C27H40N2. The predicted octanol–water partition coefficient (Wildman–Crippen LogP) is 7.46. The summed E-state index contributed by atoms with van der Waals surface area (Å²) in [6.45, 7) is 13.6. The largest absolute Gasteiger partial charge is 0.399 e. The molecule has 3 aromatic rings. The molecule has 0 amide bonds. The van der Waals surface area contributed by atoms with Crippen LogP contribution >= 0.6 is 0 Å². The second-order valence-corrected chi connectivity index (χ2v) is 8.90. The highest BCUT2D eigenvalue weighted by molar-refractivity contribution is 5.36. The van der Waals surface area contributed by atoms with Crippen molar-refractivity contribution in [2.75, 3.05) is 11.5 Å². The average molecular weight is 393 g/mol. The third-order valence-electron chi connectivity index (χ3n) is 4.19. The maximum absolute atomic E-state index is 5.36. The van der Waals surface area contributed by atoms with Crippen molar-refractivity contribution in [3.05, 3.63) is 96.1 Å². The van der Waals surface area contributed by atoms with Crippen molar-refractivity contribution in [2.24, 2.45) is 0 Å². The number of nitrogen functional groups attached to an aromatic ring is 2. The van der Waals surface area contributed by atoms with Gasteiger partial charge < -0.3 is 11.5 Å². The molecule has 4 N–H and O–H groups in total. The molecule has 0 aliphatic heterocycles. The van der Waals surface area contributed by atoms with E-state index >= 15 is 0 Å². The fourth-order valence-electron chi connectivity index (χ4n) is 2.36. The smallest absolute Gasteiger partial charge is 0.0313 e. The fraction of sp³-hybridized carbons (Fsp3) is 0.333. The molecule has 0 aliphatic carbocycles. The summed E-state index contributed by atoms with van der Waals surface area (Å²) in [6.07, 6.45) is 0. The van der Waals surface area contributed by atoms with Gasteiger partial charge in [0.25, 0.3) is 0 Å². The minimum absolute atomic E-state index is 0. The topological polar surface area (TPSA) is 52.0 Å². The highest BCUT2D eigenvalue weighted by Crippen LogP contribution is 2.28. The Kier molecular flexibility index (Phi) is 10.8. The summed E-state index contributed by atoms with van der Waals surface area (Å²) in [5.41, 5.74) is 15.7. The summed E-state index contributed by atoms with van der Waals surface area (Å²) in [5.74, 6) is 0. The molecule has 0 saturated carbocycles. The molecular weight excluding hydrogens is 352 g/mol. The van der Waals surface area contributed by atoms with Gasteiger partial charge in [0.1, 0.15) is 0 Å². The number of nitrogens with two attached hydrogens (primary N) is 2. The Morgan fingerprint density at radius 2 is 0.793 bits per heavy atom. The summed E-state index contributed by atoms with van der Waals surface area (Å²) in [6, 6.07) is 27.9. The molecule has 0 saturated heterocycles. The van der Waals surface area contributed by atoms with E-state index in [1.54, 1.807) is 0 Å². The minimum atomic E-state index is 0.